The maximum atomic E-state index is 13.6. The van der Waals surface area contributed by atoms with E-state index in [2.05, 4.69) is 4.36 Å². The Labute approximate surface area is 187 Å². The van der Waals surface area contributed by atoms with Crippen molar-refractivity contribution in [3.05, 3.63) is 71.9 Å². The molecule has 0 saturated carbocycles. The number of nitrogens with two attached hydrogens (primary N) is 1. The van der Waals surface area contributed by atoms with Gasteiger partial charge in [-0.1, -0.05) is 26.0 Å². The second kappa shape index (κ2) is 8.20. The molecule has 0 spiro atoms. The van der Waals surface area contributed by atoms with E-state index in [4.69, 9.17) is 20.5 Å². The van der Waals surface area contributed by atoms with E-state index in [1.165, 1.54) is 30.9 Å². The number of nitrogens with one attached hydrogen (secondary N) is 1. The minimum absolute atomic E-state index is 0. The van der Waals surface area contributed by atoms with Crippen LogP contribution in [-0.4, -0.2) is 21.7 Å². The number of hydrogen-bond acceptors (Lipinski definition) is 6. The Morgan fingerprint density at radius 3 is 2.53 bits per heavy atom. The fourth-order valence-electron chi connectivity index (χ4n) is 3.61. The summed E-state index contributed by atoms with van der Waals surface area (Å²) in [4.78, 5) is 4.80. The number of hydrogen-bond donors (Lipinski definition) is 2. The first-order valence-corrected chi connectivity index (χ1v) is 11.9. The van der Waals surface area contributed by atoms with Crippen LogP contribution in [0.4, 0.5) is 15.9 Å². The molecule has 0 fully saturated rings. The number of halogens is 1. The number of nitrogen functional groups attached to an aromatic ring is 1. The minimum atomic E-state index is -2.90. The lowest BCUT2D eigenvalue weighted by molar-refractivity contribution is 0.464. The molecule has 0 bridgehead atoms. The highest BCUT2D eigenvalue weighted by molar-refractivity contribution is 7.92. The van der Waals surface area contributed by atoms with Gasteiger partial charge in [-0.25, -0.2) is 13.6 Å². The fourth-order valence-corrected chi connectivity index (χ4v) is 4.74. The Morgan fingerprint density at radius 2 is 1.94 bits per heavy atom. The van der Waals surface area contributed by atoms with E-state index in [-0.39, 0.29) is 24.1 Å². The van der Waals surface area contributed by atoms with Crippen LogP contribution in [0, 0.1) is 11.2 Å². The average molecular weight is 453 g/mol. The third-order valence-electron chi connectivity index (χ3n) is 5.18. The molecule has 0 amide bonds. The van der Waals surface area contributed by atoms with Gasteiger partial charge in [0.2, 0.25) is 0 Å². The largest absolute Gasteiger partial charge is 0.455 e. The highest BCUT2D eigenvalue weighted by Crippen LogP contribution is 2.41. The van der Waals surface area contributed by atoms with Gasteiger partial charge < -0.3 is 15.6 Å². The van der Waals surface area contributed by atoms with Crippen LogP contribution >= 0.6 is 0 Å². The summed E-state index contributed by atoms with van der Waals surface area (Å²) in [7, 11) is -2.90. The zero-order chi connectivity index (χ0) is 23.0. The Morgan fingerprint density at radius 1 is 1.22 bits per heavy atom. The number of aromatic nitrogens is 1. The summed E-state index contributed by atoms with van der Waals surface area (Å²) in [6.07, 6.45) is 4.13. The first-order chi connectivity index (χ1) is 15.2. The van der Waals surface area contributed by atoms with E-state index < -0.39 is 9.73 Å². The van der Waals surface area contributed by atoms with Crippen LogP contribution in [0.1, 0.15) is 32.4 Å². The molecule has 0 radical (unpaired) electrons. The minimum Gasteiger partial charge on any atom is -0.455 e. The molecule has 2 aromatic carbocycles. The van der Waals surface area contributed by atoms with Crippen LogP contribution in [0.25, 0.3) is 21.9 Å². The lowest BCUT2D eigenvalue weighted by Gasteiger charge is -2.18. The summed E-state index contributed by atoms with van der Waals surface area (Å²) in [5.74, 6) is -0.0649. The van der Waals surface area contributed by atoms with Gasteiger partial charge >= 0.3 is 0 Å². The second-order valence-corrected chi connectivity index (χ2v) is 10.0. The van der Waals surface area contributed by atoms with Crippen LogP contribution in [0.15, 0.2) is 68.7 Å². The molecule has 4 aromatic rings. The van der Waals surface area contributed by atoms with Gasteiger partial charge in [0.15, 0.2) is 10.9 Å². The number of fused-ring (bicyclic) bond motifs is 1. The van der Waals surface area contributed by atoms with Crippen molar-refractivity contribution in [3.63, 3.8) is 0 Å². The zero-order valence-electron chi connectivity index (χ0n) is 17.9. The molecule has 2 heterocycles. The average Bonchev–Trinajstić information content (AvgIpc) is 3.30. The normalized spacial score (nSPS) is 13.3. The number of anilines is 1. The lowest BCUT2D eigenvalue weighted by Crippen LogP contribution is -2.03. The summed E-state index contributed by atoms with van der Waals surface area (Å²) >= 11 is 0. The molecule has 0 aliphatic heterocycles. The van der Waals surface area contributed by atoms with Crippen molar-refractivity contribution in [1.29, 1.82) is 5.41 Å². The number of rotatable bonds is 5. The van der Waals surface area contributed by atoms with Crippen LogP contribution in [-0.2, 0) is 9.73 Å². The lowest BCUT2D eigenvalue weighted by atomic mass is 9.91. The second-order valence-electron chi connectivity index (χ2n) is 7.85. The van der Waals surface area contributed by atoms with Crippen LogP contribution < -0.4 is 5.73 Å². The van der Waals surface area contributed by atoms with Crippen LogP contribution in [0.2, 0.25) is 0 Å². The monoisotopic (exact) mass is 452 g/mol. The van der Waals surface area contributed by atoms with Crippen molar-refractivity contribution in [3.8, 4) is 11.1 Å². The molecule has 2 aromatic heterocycles. The maximum absolute atomic E-state index is 13.6. The molecule has 0 aliphatic carbocycles. The van der Waals surface area contributed by atoms with Gasteiger partial charge in [-0.3, -0.25) is 0 Å². The highest BCUT2D eigenvalue weighted by atomic mass is 32.2. The van der Waals surface area contributed by atoms with Gasteiger partial charge in [-0.05, 0) is 53.3 Å². The fraction of sp³-hybridized carbons (Fsp3) is 0.167. The van der Waals surface area contributed by atoms with Crippen molar-refractivity contribution in [2.75, 3.05) is 12.0 Å². The summed E-state index contributed by atoms with van der Waals surface area (Å²) < 4.78 is 36.8. The first kappa shape index (κ1) is 21.7. The Kier molecular flexibility index (Phi) is 5.56. The van der Waals surface area contributed by atoms with Gasteiger partial charge in [0.05, 0.1) is 12.0 Å². The number of furan rings is 1. The van der Waals surface area contributed by atoms with Crippen molar-refractivity contribution < 1.29 is 14.4 Å². The molecule has 0 aliphatic rings. The van der Waals surface area contributed by atoms with Crippen LogP contribution in [0.5, 0.6) is 0 Å². The Balaban J connectivity index is 0.00000306. The summed E-state index contributed by atoms with van der Waals surface area (Å²) in [6.45, 7) is 3.99. The van der Waals surface area contributed by atoms with E-state index in [9.17, 15) is 8.60 Å². The van der Waals surface area contributed by atoms with E-state index in [1.54, 1.807) is 36.4 Å². The van der Waals surface area contributed by atoms with E-state index >= 15 is 0 Å². The predicted molar refractivity (Wildman–Crippen MR) is 129 cm³/mol. The van der Waals surface area contributed by atoms with Crippen LogP contribution in [0.3, 0.4) is 0 Å². The smallest absolute Gasteiger partial charge is 0.198 e. The molecule has 1 unspecified atom stereocenters. The molecule has 3 N–H and O–H groups in total. The summed E-state index contributed by atoms with van der Waals surface area (Å²) in [5, 5.41) is 9.34. The molecule has 32 heavy (non-hydrogen) atoms. The topological polar surface area (TPSA) is 105 Å². The SMILES string of the molecule is CC(C)c1nc(N=S(C)(=O)c2ccco2)c2cc(N)c(C=N)cc2c1-c1ccc(F)cc1.[HH]. The highest BCUT2D eigenvalue weighted by Gasteiger charge is 2.21. The Hall–Kier alpha value is -3.52. The van der Waals surface area contributed by atoms with Crippen molar-refractivity contribution in [2.45, 2.75) is 24.9 Å². The van der Waals surface area contributed by atoms with Gasteiger partial charge in [0, 0.05) is 36.1 Å². The molecule has 1 atom stereocenters. The van der Waals surface area contributed by atoms with Gasteiger partial charge in [0.25, 0.3) is 0 Å². The predicted octanol–water partition coefficient (Wildman–Crippen LogP) is 6.37. The standard InChI is InChI=1S/C24H23FN4O2S.H2/c1-14(2)23-22(15-6-8-17(25)9-7-15)18-11-16(13-26)20(27)12-19(18)24(28-23)29-32(3,30)21-5-4-10-31-21;/h4-14,26H,27H2,1-3H3;1H. The summed E-state index contributed by atoms with van der Waals surface area (Å²) in [6, 6.07) is 12.9. The van der Waals surface area contributed by atoms with Crippen molar-refractivity contribution in [2.24, 2.45) is 4.36 Å². The van der Waals surface area contributed by atoms with Gasteiger partial charge in [0.1, 0.15) is 15.5 Å². The van der Waals surface area contributed by atoms with Gasteiger partial charge in [-0.2, -0.15) is 4.36 Å². The zero-order valence-corrected chi connectivity index (χ0v) is 18.7. The molecular formula is C24H25FN4O2S. The molecule has 166 valence electrons. The number of nitrogens with zero attached hydrogens (tertiary/aromatic N) is 2. The van der Waals surface area contributed by atoms with E-state index in [0.29, 0.717) is 16.6 Å². The summed E-state index contributed by atoms with van der Waals surface area (Å²) in [5.41, 5.74) is 9.40. The molecule has 6 nitrogen and oxygen atoms in total. The molecule has 0 saturated heterocycles. The van der Waals surface area contributed by atoms with E-state index in [1.807, 2.05) is 13.8 Å². The quantitative estimate of drug-likeness (QED) is 0.271. The number of benzene rings is 2. The molecule has 4 rings (SSSR count). The molecular weight excluding hydrogens is 427 g/mol. The third-order valence-corrected chi connectivity index (χ3v) is 6.68. The molecule has 8 heteroatoms. The van der Waals surface area contributed by atoms with Crippen molar-refractivity contribution in [1.82, 2.24) is 4.98 Å². The maximum Gasteiger partial charge on any atom is 0.198 e. The van der Waals surface area contributed by atoms with Crippen molar-refractivity contribution >= 4 is 38.2 Å². The van der Waals surface area contributed by atoms with Gasteiger partial charge in [-0.15, -0.1) is 0 Å². The first-order valence-electron chi connectivity index (χ1n) is 10.0. The third kappa shape index (κ3) is 3.89. The van der Waals surface area contributed by atoms with E-state index in [0.717, 1.165) is 22.2 Å². The number of pyridine rings is 1. The Bertz CT molecular complexity index is 1440.